The smallest absolute Gasteiger partial charge is 0.258 e. The SMILES string of the molecule is COc1cc(CNC(=O)COc2ccc(C(C)C)c(C)c2)cc(OC)c1OC. The Balaban J connectivity index is 1.95. The topological polar surface area (TPSA) is 66.0 Å². The third kappa shape index (κ3) is 5.31. The highest BCUT2D eigenvalue weighted by molar-refractivity contribution is 5.77. The Morgan fingerprint density at radius 1 is 1.00 bits per heavy atom. The van der Waals surface area contributed by atoms with E-state index in [2.05, 4.69) is 19.2 Å². The normalized spacial score (nSPS) is 10.5. The molecule has 2 aromatic rings. The maximum Gasteiger partial charge on any atom is 0.258 e. The molecule has 0 heterocycles. The lowest BCUT2D eigenvalue weighted by Gasteiger charge is -2.15. The number of aryl methyl sites for hydroxylation is 1. The fourth-order valence-corrected chi connectivity index (χ4v) is 3.02. The van der Waals surface area contributed by atoms with E-state index in [0.29, 0.717) is 35.5 Å². The lowest BCUT2D eigenvalue weighted by atomic mass is 9.98. The van der Waals surface area contributed by atoms with Crippen LogP contribution in [0.4, 0.5) is 0 Å². The number of nitrogens with one attached hydrogen (secondary N) is 1. The maximum absolute atomic E-state index is 12.2. The summed E-state index contributed by atoms with van der Waals surface area (Å²) < 4.78 is 21.6. The molecule has 0 aliphatic heterocycles. The zero-order valence-electron chi connectivity index (χ0n) is 17.4. The minimum atomic E-state index is -0.209. The van der Waals surface area contributed by atoms with Crippen molar-refractivity contribution in [3.8, 4) is 23.0 Å². The highest BCUT2D eigenvalue weighted by Gasteiger charge is 2.14. The average Bonchev–Trinajstić information content (AvgIpc) is 2.69. The average molecular weight is 387 g/mol. The van der Waals surface area contributed by atoms with E-state index in [1.807, 2.05) is 25.1 Å². The minimum absolute atomic E-state index is 0.0507. The Morgan fingerprint density at radius 3 is 2.14 bits per heavy atom. The van der Waals surface area contributed by atoms with Gasteiger partial charge in [0, 0.05) is 6.54 Å². The molecule has 0 spiro atoms. The standard InChI is InChI=1S/C22H29NO5/c1-14(2)18-8-7-17(9-15(18)3)28-13-21(24)23-12-16-10-19(25-4)22(27-6)20(11-16)26-5/h7-11,14H,12-13H2,1-6H3,(H,23,24). The van der Waals surface area contributed by atoms with Crippen molar-refractivity contribution in [2.24, 2.45) is 0 Å². The van der Waals surface area contributed by atoms with Crippen LogP contribution in [0.1, 0.15) is 36.5 Å². The molecule has 0 saturated heterocycles. The van der Waals surface area contributed by atoms with Crippen LogP contribution in [0.25, 0.3) is 0 Å². The number of ether oxygens (including phenoxy) is 4. The van der Waals surface area contributed by atoms with Gasteiger partial charge in [0.05, 0.1) is 21.3 Å². The Labute approximate surface area is 166 Å². The van der Waals surface area contributed by atoms with Crippen LogP contribution in [0.2, 0.25) is 0 Å². The van der Waals surface area contributed by atoms with Crippen molar-refractivity contribution in [3.63, 3.8) is 0 Å². The van der Waals surface area contributed by atoms with E-state index in [4.69, 9.17) is 18.9 Å². The molecule has 28 heavy (non-hydrogen) atoms. The zero-order valence-corrected chi connectivity index (χ0v) is 17.4. The van der Waals surface area contributed by atoms with Crippen LogP contribution in [-0.4, -0.2) is 33.8 Å². The largest absolute Gasteiger partial charge is 0.493 e. The van der Waals surface area contributed by atoms with Crippen molar-refractivity contribution < 1.29 is 23.7 Å². The van der Waals surface area contributed by atoms with Gasteiger partial charge in [0.1, 0.15) is 5.75 Å². The van der Waals surface area contributed by atoms with Crippen molar-refractivity contribution >= 4 is 5.91 Å². The van der Waals surface area contributed by atoms with Crippen molar-refractivity contribution in [1.82, 2.24) is 5.32 Å². The van der Waals surface area contributed by atoms with Crippen LogP contribution in [0.5, 0.6) is 23.0 Å². The molecule has 2 rings (SSSR count). The summed E-state index contributed by atoms with van der Waals surface area (Å²) in [5.41, 5.74) is 3.27. The molecule has 152 valence electrons. The van der Waals surface area contributed by atoms with E-state index in [1.165, 1.54) is 5.56 Å². The van der Waals surface area contributed by atoms with Gasteiger partial charge >= 0.3 is 0 Å². The van der Waals surface area contributed by atoms with E-state index in [9.17, 15) is 4.79 Å². The van der Waals surface area contributed by atoms with E-state index in [1.54, 1.807) is 33.5 Å². The lowest BCUT2D eigenvalue weighted by molar-refractivity contribution is -0.123. The molecule has 0 unspecified atom stereocenters. The molecule has 0 radical (unpaired) electrons. The predicted molar refractivity (Wildman–Crippen MR) is 109 cm³/mol. The summed E-state index contributed by atoms with van der Waals surface area (Å²) in [7, 11) is 4.66. The van der Waals surface area contributed by atoms with Gasteiger partial charge < -0.3 is 24.3 Å². The Bertz CT molecular complexity index is 792. The number of carbonyl (C=O) groups is 1. The first-order valence-electron chi connectivity index (χ1n) is 9.18. The number of methoxy groups -OCH3 is 3. The summed E-state index contributed by atoms with van der Waals surface area (Å²) in [6, 6.07) is 9.51. The summed E-state index contributed by atoms with van der Waals surface area (Å²) >= 11 is 0. The molecule has 0 saturated carbocycles. The van der Waals surface area contributed by atoms with Crippen molar-refractivity contribution in [2.75, 3.05) is 27.9 Å². The second kappa shape index (κ2) is 9.88. The summed E-state index contributed by atoms with van der Waals surface area (Å²) in [4.78, 5) is 12.2. The second-order valence-corrected chi connectivity index (χ2v) is 6.77. The number of rotatable bonds is 9. The summed E-state index contributed by atoms with van der Waals surface area (Å²) in [6.45, 7) is 6.63. The first-order chi connectivity index (χ1) is 13.4. The molecule has 0 atom stereocenters. The van der Waals surface area contributed by atoms with Gasteiger partial charge in [0.15, 0.2) is 18.1 Å². The Morgan fingerprint density at radius 2 is 1.64 bits per heavy atom. The van der Waals surface area contributed by atoms with E-state index >= 15 is 0 Å². The van der Waals surface area contributed by atoms with Gasteiger partial charge in [-0.2, -0.15) is 0 Å². The van der Waals surface area contributed by atoms with E-state index < -0.39 is 0 Å². The van der Waals surface area contributed by atoms with Gasteiger partial charge in [-0.05, 0) is 53.8 Å². The van der Waals surface area contributed by atoms with Crippen LogP contribution >= 0.6 is 0 Å². The summed E-state index contributed by atoms with van der Waals surface area (Å²) in [5, 5.41) is 2.84. The van der Waals surface area contributed by atoms with E-state index in [-0.39, 0.29) is 12.5 Å². The Hall–Kier alpha value is -2.89. The highest BCUT2D eigenvalue weighted by atomic mass is 16.5. The van der Waals surface area contributed by atoms with Gasteiger partial charge in [0.2, 0.25) is 5.75 Å². The summed E-state index contributed by atoms with van der Waals surface area (Å²) in [5.74, 6) is 2.54. The Kier molecular flexibility index (Phi) is 7.55. The minimum Gasteiger partial charge on any atom is -0.493 e. The fraction of sp³-hybridized carbons (Fsp3) is 0.409. The predicted octanol–water partition coefficient (Wildman–Crippen LogP) is 3.84. The highest BCUT2D eigenvalue weighted by Crippen LogP contribution is 2.38. The fourth-order valence-electron chi connectivity index (χ4n) is 3.02. The molecular weight excluding hydrogens is 358 g/mol. The number of benzene rings is 2. The molecule has 0 aliphatic carbocycles. The third-order valence-electron chi connectivity index (χ3n) is 4.45. The second-order valence-electron chi connectivity index (χ2n) is 6.77. The van der Waals surface area contributed by atoms with Crippen molar-refractivity contribution in [2.45, 2.75) is 33.2 Å². The molecule has 1 amide bonds. The number of hydrogen-bond donors (Lipinski definition) is 1. The van der Waals surface area contributed by atoms with Gasteiger partial charge in [-0.15, -0.1) is 0 Å². The van der Waals surface area contributed by atoms with Crippen LogP contribution in [0.3, 0.4) is 0 Å². The molecule has 6 heteroatoms. The zero-order chi connectivity index (χ0) is 20.7. The first-order valence-corrected chi connectivity index (χ1v) is 9.18. The summed E-state index contributed by atoms with van der Waals surface area (Å²) in [6.07, 6.45) is 0. The maximum atomic E-state index is 12.2. The third-order valence-corrected chi connectivity index (χ3v) is 4.45. The molecule has 1 N–H and O–H groups in total. The quantitative estimate of drug-likeness (QED) is 0.708. The first kappa shape index (κ1) is 21.4. The number of hydrogen-bond acceptors (Lipinski definition) is 5. The van der Waals surface area contributed by atoms with Gasteiger partial charge in [-0.25, -0.2) is 0 Å². The van der Waals surface area contributed by atoms with Crippen LogP contribution in [-0.2, 0) is 11.3 Å². The molecule has 0 aliphatic rings. The van der Waals surface area contributed by atoms with Crippen LogP contribution < -0.4 is 24.3 Å². The lowest BCUT2D eigenvalue weighted by Crippen LogP contribution is -2.28. The molecule has 2 aromatic carbocycles. The molecule has 0 fully saturated rings. The van der Waals surface area contributed by atoms with Crippen molar-refractivity contribution in [3.05, 3.63) is 47.0 Å². The van der Waals surface area contributed by atoms with E-state index in [0.717, 1.165) is 11.1 Å². The monoisotopic (exact) mass is 387 g/mol. The molecule has 0 bridgehead atoms. The molecular formula is C22H29NO5. The van der Waals surface area contributed by atoms with Gasteiger partial charge in [-0.1, -0.05) is 19.9 Å². The molecule has 0 aromatic heterocycles. The van der Waals surface area contributed by atoms with Gasteiger partial charge in [-0.3, -0.25) is 4.79 Å². The number of amides is 1. The molecule has 6 nitrogen and oxygen atoms in total. The number of carbonyl (C=O) groups excluding carboxylic acids is 1. The van der Waals surface area contributed by atoms with Crippen LogP contribution in [0, 0.1) is 6.92 Å². The van der Waals surface area contributed by atoms with Gasteiger partial charge in [0.25, 0.3) is 5.91 Å². The van der Waals surface area contributed by atoms with Crippen molar-refractivity contribution in [1.29, 1.82) is 0 Å². The van der Waals surface area contributed by atoms with Crippen LogP contribution in [0.15, 0.2) is 30.3 Å².